The molecule has 0 radical (unpaired) electrons. The minimum Gasteiger partial charge on any atom is -0.507 e. The van der Waals surface area contributed by atoms with Crippen LogP contribution in [0.2, 0.25) is 0 Å². The first-order chi connectivity index (χ1) is 8.97. The number of phenols is 1. The van der Waals surface area contributed by atoms with Crippen molar-refractivity contribution in [3.05, 3.63) is 55.9 Å². The molecule has 0 fully saturated rings. The molecule has 0 aliphatic carbocycles. The number of aromatic amines is 1. The molecule has 0 saturated heterocycles. The van der Waals surface area contributed by atoms with Gasteiger partial charge in [-0.1, -0.05) is 15.9 Å². The molecular weight excluding hydrogens is 308 g/mol. The van der Waals surface area contributed by atoms with Gasteiger partial charge >= 0.3 is 0 Å². The number of aryl methyl sites for hydroxylation is 2. The Morgan fingerprint density at radius 1 is 1.32 bits per heavy atom. The topological polar surface area (TPSA) is 65.5 Å². The summed E-state index contributed by atoms with van der Waals surface area (Å²) in [6.45, 7) is 3.65. The minimum atomic E-state index is -0.231. The number of H-pyrrole nitrogens is 1. The number of benzene rings is 1. The lowest BCUT2D eigenvalue weighted by Crippen LogP contribution is -2.08. The summed E-state index contributed by atoms with van der Waals surface area (Å²) in [4.78, 5) is 18.6. The summed E-state index contributed by atoms with van der Waals surface area (Å²) in [6.07, 6.45) is 1.48. The van der Waals surface area contributed by atoms with Crippen LogP contribution in [-0.2, 0) is 0 Å². The Kier molecular flexibility index (Phi) is 3.85. The van der Waals surface area contributed by atoms with Crippen LogP contribution in [0, 0.1) is 13.8 Å². The smallest absolute Gasteiger partial charge is 0.274 e. The number of aromatic hydroxyl groups is 1. The molecule has 4 nitrogen and oxygen atoms in total. The molecule has 98 valence electrons. The molecule has 0 aliphatic heterocycles. The largest absolute Gasteiger partial charge is 0.507 e. The first-order valence-electron chi connectivity index (χ1n) is 5.70. The highest BCUT2D eigenvalue weighted by atomic mass is 79.9. The average molecular weight is 321 g/mol. The number of rotatable bonds is 2. The zero-order chi connectivity index (χ0) is 14.0. The van der Waals surface area contributed by atoms with Crippen molar-refractivity contribution in [3.8, 4) is 5.75 Å². The molecule has 19 heavy (non-hydrogen) atoms. The first kappa shape index (κ1) is 13.5. The van der Waals surface area contributed by atoms with Gasteiger partial charge in [-0.2, -0.15) is 0 Å². The molecule has 0 aliphatic rings. The van der Waals surface area contributed by atoms with Crippen LogP contribution >= 0.6 is 15.9 Å². The van der Waals surface area contributed by atoms with Crippen molar-refractivity contribution in [2.24, 2.45) is 4.99 Å². The zero-order valence-electron chi connectivity index (χ0n) is 10.6. The van der Waals surface area contributed by atoms with Crippen LogP contribution in [0.25, 0.3) is 0 Å². The van der Waals surface area contributed by atoms with Crippen LogP contribution < -0.4 is 5.56 Å². The number of nitrogens with one attached hydrogen (secondary N) is 1. The van der Waals surface area contributed by atoms with Crippen molar-refractivity contribution in [3.63, 3.8) is 0 Å². The number of pyridine rings is 1. The molecule has 0 amide bonds. The highest BCUT2D eigenvalue weighted by molar-refractivity contribution is 9.10. The SMILES string of the molecule is Cc1cc(C)c(N=Cc2ccc(Br)cc2O)c(=O)[nH]1. The molecular formula is C14H13BrN2O2. The minimum absolute atomic E-state index is 0.110. The summed E-state index contributed by atoms with van der Waals surface area (Å²) in [6, 6.07) is 6.96. The number of hydrogen-bond acceptors (Lipinski definition) is 3. The number of nitrogens with zero attached hydrogens (tertiary/aromatic N) is 1. The molecule has 2 rings (SSSR count). The third-order valence-electron chi connectivity index (χ3n) is 2.66. The van der Waals surface area contributed by atoms with E-state index in [1.807, 2.05) is 19.9 Å². The zero-order valence-corrected chi connectivity index (χ0v) is 12.2. The highest BCUT2D eigenvalue weighted by Crippen LogP contribution is 2.21. The van der Waals surface area contributed by atoms with Crippen molar-refractivity contribution in [2.45, 2.75) is 13.8 Å². The van der Waals surface area contributed by atoms with E-state index in [0.717, 1.165) is 15.7 Å². The number of halogens is 1. The van der Waals surface area contributed by atoms with Crippen molar-refractivity contribution in [2.75, 3.05) is 0 Å². The molecule has 0 unspecified atom stereocenters. The molecule has 2 N–H and O–H groups in total. The second-order valence-corrected chi connectivity index (χ2v) is 5.19. The van der Waals surface area contributed by atoms with Crippen molar-refractivity contribution in [1.82, 2.24) is 4.98 Å². The van der Waals surface area contributed by atoms with Crippen molar-refractivity contribution < 1.29 is 5.11 Å². The Morgan fingerprint density at radius 2 is 2.05 bits per heavy atom. The maximum Gasteiger partial charge on any atom is 0.274 e. The average Bonchev–Trinajstić information content (AvgIpc) is 2.30. The Balaban J connectivity index is 2.41. The second-order valence-electron chi connectivity index (χ2n) is 4.27. The van der Waals surface area contributed by atoms with Gasteiger partial charge in [-0.15, -0.1) is 0 Å². The van der Waals surface area contributed by atoms with Crippen LogP contribution in [0.15, 0.2) is 38.5 Å². The van der Waals surface area contributed by atoms with Gasteiger partial charge in [-0.25, -0.2) is 0 Å². The van der Waals surface area contributed by atoms with E-state index < -0.39 is 0 Å². The summed E-state index contributed by atoms with van der Waals surface area (Å²) in [7, 11) is 0. The fourth-order valence-electron chi connectivity index (χ4n) is 1.77. The molecule has 0 spiro atoms. The summed E-state index contributed by atoms with van der Waals surface area (Å²) < 4.78 is 0.784. The normalized spacial score (nSPS) is 11.1. The molecule has 0 bridgehead atoms. The van der Waals surface area contributed by atoms with E-state index in [2.05, 4.69) is 25.9 Å². The quantitative estimate of drug-likeness (QED) is 0.834. The lowest BCUT2D eigenvalue weighted by molar-refractivity contribution is 0.474. The van der Waals surface area contributed by atoms with Gasteiger partial charge in [0.05, 0.1) is 0 Å². The summed E-state index contributed by atoms with van der Waals surface area (Å²) in [5.74, 6) is 0.110. The number of phenolic OH excluding ortho intramolecular Hbond substituents is 1. The molecule has 1 heterocycles. The lowest BCUT2D eigenvalue weighted by atomic mass is 10.2. The van der Waals surface area contributed by atoms with E-state index in [9.17, 15) is 9.90 Å². The van der Waals surface area contributed by atoms with Gasteiger partial charge in [0.2, 0.25) is 0 Å². The molecule has 5 heteroatoms. The van der Waals surface area contributed by atoms with Crippen LogP contribution in [0.1, 0.15) is 16.8 Å². The van der Waals surface area contributed by atoms with Gasteiger partial charge in [-0.05, 0) is 43.7 Å². The molecule has 0 saturated carbocycles. The van der Waals surface area contributed by atoms with E-state index in [4.69, 9.17) is 0 Å². The summed E-state index contributed by atoms with van der Waals surface area (Å²) in [5.41, 5.74) is 2.28. The van der Waals surface area contributed by atoms with Crippen LogP contribution in [0.3, 0.4) is 0 Å². The maximum absolute atomic E-state index is 11.8. The van der Waals surface area contributed by atoms with Gasteiger partial charge in [0.15, 0.2) is 0 Å². The molecule has 2 aromatic rings. The maximum atomic E-state index is 11.8. The predicted octanol–water partition coefficient (Wildman–Crippen LogP) is 3.21. The Hall–Kier alpha value is -1.88. The number of hydrogen-bond donors (Lipinski definition) is 2. The highest BCUT2D eigenvalue weighted by Gasteiger charge is 2.04. The Labute approximate surface area is 119 Å². The molecule has 1 aromatic heterocycles. The van der Waals surface area contributed by atoms with Crippen LogP contribution in [0.5, 0.6) is 5.75 Å². The van der Waals surface area contributed by atoms with Crippen LogP contribution in [-0.4, -0.2) is 16.3 Å². The fraction of sp³-hybridized carbons (Fsp3) is 0.143. The van der Waals surface area contributed by atoms with E-state index in [1.165, 1.54) is 6.21 Å². The van der Waals surface area contributed by atoms with Crippen molar-refractivity contribution in [1.29, 1.82) is 0 Å². The number of aliphatic imine (C=N–C) groups is 1. The third kappa shape index (κ3) is 3.12. The van der Waals surface area contributed by atoms with E-state index in [0.29, 0.717) is 11.3 Å². The molecule has 0 atom stereocenters. The standard InChI is InChI=1S/C14H13BrN2O2/c1-8-5-9(2)17-14(19)13(8)16-7-10-3-4-11(15)6-12(10)18/h3-7,18H,1-2H3,(H,17,19). The summed E-state index contributed by atoms with van der Waals surface area (Å²) >= 11 is 3.26. The van der Waals surface area contributed by atoms with Gasteiger partial charge in [-0.3, -0.25) is 9.79 Å². The van der Waals surface area contributed by atoms with E-state index in [-0.39, 0.29) is 11.3 Å². The second kappa shape index (κ2) is 5.40. The van der Waals surface area contributed by atoms with Gasteiger partial charge < -0.3 is 10.1 Å². The Bertz CT molecular complexity index is 705. The van der Waals surface area contributed by atoms with Gasteiger partial charge in [0.1, 0.15) is 11.4 Å². The van der Waals surface area contributed by atoms with Crippen molar-refractivity contribution >= 4 is 27.8 Å². The van der Waals surface area contributed by atoms with Gasteiger partial charge in [0.25, 0.3) is 5.56 Å². The third-order valence-corrected chi connectivity index (χ3v) is 3.15. The van der Waals surface area contributed by atoms with E-state index >= 15 is 0 Å². The summed E-state index contributed by atoms with van der Waals surface area (Å²) in [5, 5.41) is 9.74. The lowest BCUT2D eigenvalue weighted by Gasteiger charge is -2.02. The monoisotopic (exact) mass is 320 g/mol. The predicted molar refractivity (Wildman–Crippen MR) is 79.6 cm³/mol. The van der Waals surface area contributed by atoms with E-state index in [1.54, 1.807) is 18.2 Å². The number of aromatic nitrogens is 1. The van der Waals surface area contributed by atoms with Gasteiger partial charge in [0, 0.05) is 21.9 Å². The van der Waals surface area contributed by atoms with Crippen LogP contribution in [0.4, 0.5) is 5.69 Å². The fourth-order valence-corrected chi connectivity index (χ4v) is 2.12. The molecule has 1 aromatic carbocycles. The first-order valence-corrected chi connectivity index (χ1v) is 6.50. The Morgan fingerprint density at radius 3 is 2.68 bits per heavy atom.